The minimum atomic E-state index is -0.144. The molecule has 2 amide bonds. The molecule has 1 fully saturated rings. The lowest BCUT2D eigenvalue weighted by Gasteiger charge is -2.34. The maximum Gasteiger partial charge on any atom is 0.224 e. The van der Waals surface area contributed by atoms with Crippen LogP contribution in [-0.2, 0) is 9.59 Å². The first-order chi connectivity index (χ1) is 13.0. The molecule has 0 saturated carbocycles. The molecule has 0 unspecified atom stereocenters. The number of carbonyl (C=O) groups excluding carboxylic acids is 2. The summed E-state index contributed by atoms with van der Waals surface area (Å²) in [5.74, 6) is 0.0665. The van der Waals surface area contributed by atoms with Crippen LogP contribution in [0.1, 0.15) is 57.4 Å². The van der Waals surface area contributed by atoms with Crippen molar-refractivity contribution in [3.63, 3.8) is 0 Å². The molecule has 1 aliphatic heterocycles. The van der Waals surface area contributed by atoms with Crippen LogP contribution in [0.15, 0.2) is 24.3 Å². The van der Waals surface area contributed by atoms with Crippen molar-refractivity contribution >= 4 is 17.5 Å². The lowest BCUT2D eigenvalue weighted by atomic mass is 10.0. The van der Waals surface area contributed by atoms with Gasteiger partial charge in [-0.05, 0) is 36.9 Å². The van der Waals surface area contributed by atoms with E-state index in [0.717, 1.165) is 43.6 Å². The second kappa shape index (κ2) is 11.0. The molecule has 0 aliphatic carbocycles. The third kappa shape index (κ3) is 6.96. The van der Waals surface area contributed by atoms with Crippen molar-refractivity contribution in [2.75, 3.05) is 31.6 Å². The van der Waals surface area contributed by atoms with E-state index in [1.807, 2.05) is 24.3 Å². The van der Waals surface area contributed by atoms with Crippen LogP contribution < -0.4 is 10.6 Å². The third-order valence-corrected chi connectivity index (χ3v) is 5.12. The molecule has 0 aromatic heterocycles. The van der Waals surface area contributed by atoms with Gasteiger partial charge in [-0.1, -0.05) is 38.5 Å². The minimum absolute atomic E-state index is 0.111. The quantitative estimate of drug-likeness (QED) is 0.619. The summed E-state index contributed by atoms with van der Waals surface area (Å²) in [5.41, 5.74) is 1.91. The maximum atomic E-state index is 12.2. The number of nitrogens with one attached hydrogen (secondary N) is 2. The number of carbonyl (C=O) groups is 2. The zero-order valence-electron chi connectivity index (χ0n) is 16.5. The van der Waals surface area contributed by atoms with E-state index in [9.17, 15) is 14.7 Å². The lowest BCUT2D eigenvalue weighted by molar-refractivity contribution is -0.124. The molecule has 6 nitrogen and oxygen atoms in total. The smallest absolute Gasteiger partial charge is 0.224 e. The van der Waals surface area contributed by atoms with Crippen molar-refractivity contribution in [1.29, 1.82) is 0 Å². The van der Waals surface area contributed by atoms with Crippen molar-refractivity contribution in [3.8, 4) is 0 Å². The molecule has 1 heterocycles. The molecule has 0 spiro atoms. The number of rotatable bonds is 9. The van der Waals surface area contributed by atoms with Crippen molar-refractivity contribution in [2.24, 2.45) is 0 Å². The van der Waals surface area contributed by atoms with Gasteiger partial charge in [0.25, 0.3) is 0 Å². The molecule has 1 atom stereocenters. The molecule has 27 heavy (non-hydrogen) atoms. The average Bonchev–Trinajstić information content (AvgIpc) is 2.67. The van der Waals surface area contributed by atoms with Crippen LogP contribution >= 0.6 is 0 Å². The Morgan fingerprint density at radius 2 is 1.93 bits per heavy atom. The van der Waals surface area contributed by atoms with E-state index < -0.39 is 0 Å². The summed E-state index contributed by atoms with van der Waals surface area (Å²) in [5, 5.41) is 15.2. The van der Waals surface area contributed by atoms with E-state index in [2.05, 4.69) is 29.4 Å². The summed E-state index contributed by atoms with van der Waals surface area (Å²) in [6.07, 6.45) is 3.66. The highest BCUT2D eigenvalue weighted by Gasteiger charge is 2.21. The number of nitrogens with zero attached hydrogens (tertiary/aromatic N) is 1. The molecule has 1 saturated heterocycles. The molecule has 6 heteroatoms. The number of benzene rings is 1. The number of anilines is 1. The Bertz CT molecular complexity index is 618. The number of aliphatic hydroxyl groups is 1. The second-order valence-electron chi connectivity index (χ2n) is 7.51. The van der Waals surface area contributed by atoms with Crippen LogP contribution in [0.3, 0.4) is 0 Å². The zero-order chi connectivity index (χ0) is 19.6. The highest BCUT2D eigenvalue weighted by Crippen LogP contribution is 2.23. The molecular formula is C21H33N3O3. The molecule has 2 rings (SSSR count). The normalized spacial score (nSPS) is 17.7. The number of hydrogen-bond donors (Lipinski definition) is 3. The fourth-order valence-electron chi connectivity index (χ4n) is 3.54. The first kappa shape index (κ1) is 21.4. The van der Waals surface area contributed by atoms with Gasteiger partial charge in [0.1, 0.15) is 0 Å². The number of piperidine rings is 1. The van der Waals surface area contributed by atoms with Gasteiger partial charge in [0, 0.05) is 37.7 Å². The zero-order valence-corrected chi connectivity index (χ0v) is 16.5. The number of amides is 2. The van der Waals surface area contributed by atoms with Crippen molar-refractivity contribution in [2.45, 2.75) is 57.9 Å². The predicted molar refractivity (Wildman–Crippen MR) is 108 cm³/mol. The van der Waals surface area contributed by atoms with Crippen molar-refractivity contribution in [3.05, 3.63) is 29.8 Å². The van der Waals surface area contributed by atoms with E-state index in [0.29, 0.717) is 12.5 Å². The van der Waals surface area contributed by atoms with Gasteiger partial charge in [-0.3, -0.25) is 14.5 Å². The minimum Gasteiger partial charge on any atom is -0.395 e. The third-order valence-electron chi connectivity index (χ3n) is 5.12. The van der Waals surface area contributed by atoms with Gasteiger partial charge in [-0.25, -0.2) is 0 Å². The van der Waals surface area contributed by atoms with Crippen LogP contribution in [0.5, 0.6) is 0 Å². The lowest BCUT2D eigenvalue weighted by Crippen LogP contribution is -2.45. The summed E-state index contributed by atoms with van der Waals surface area (Å²) >= 11 is 0. The van der Waals surface area contributed by atoms with E-state index in [1.165, 1.54) is 0 Å². The molecule has 150 valence electrons. The van der Waals surface area contributed by atoms with Crippen LogP contribution in [0, 0.1) is 0 Å². The molecule has 0 radical (unpaired) electrons. The van der Waals surface area contributed by atoms with Crippen molar-refractivity contribution < 1.29 is 14.7 Å². The van der Waals surface area contributed by atoms with Gasteiger partial charge in [-0.15, -0.1) is 0 Å². The number of aliphatic hydroxyl groups excluding tert-OH is 1. The van der Waals surface area contributed by atoms with E-state index in [4.69, 9.17) is 0 Å². The van der Waals surface area contributed by atoms with E-state index in [1.54, 1.807) is 0 Å². The highest BCUT2D eigenvalue weighted by atomic mass is 16.3. The first-order valence-corrected chi connectivity index (χ1v) is 10.0. The summed E-state index contributed by atoms with van der Waals surface area (Å²) < 4.78 is 0. The molecule has 1 aromatic rings. The monoisotopic (exact) mass is 375 g/mol. The standard InChI is InChI=1S/C21H33N3O3/c1-16(2)18-8-3-4-9-19(18)23-21(27)11-10-20(26)22-12-14-24-13-6-5-7-17(24)15-25/h3-4,8-9,16-17,25H,5-7,10-15H2,1-2H3,(H,22,26)(H,23,27)/t17-/m0/s1. The summed E-state index contributed by atoms with van der Waals surface area (Å²) in [4.78, 5) is 26.4. The Labute approximate surface area is 162 Å². The Kier molecular flexibility index (Phi) is 8.75. The van der Waals surface area contributed by atoms with Crippen LogP contribution in [-0.4, -0.2) is 54.1 Å². The molecule has 1 aliphatic rings. The number of likely N-dealkylation sites (tertiary alicyclic amines) is 1. The fraction of sp³-hybridized carbons (Fsp3) is 0.619. The predicted octanol–water partition coefficient (Wildman–Crippen LogP) is 2.49. The Hall–Kier alpha value is -1.92. The largest absolute Gasteiger partial charge is 0.395 e. The van der Waals surface area contributed by atoms with E-state index >= 15 is 0 Å². The van der Waals surface area contributed by atoms with Crippen LogP contribution in [0.25, 0.3) is 0 Å². The van der Waals surface area contributed by atoms with Gasteiger partial charge in [-0.2, -0.15) is 0 Å². The number of hydrogen-bond acceptors (Lipinski definition) is 4. The van der Waals surface area contributed by atoms with Gasteiger partial charge in [0.2, 0.25) is 11.8 Å². The van der Waals surface area contributed by atoms with Gasteiger partial charge in [0.15, 0.2) is 0 Å². The Balaban J connectivity index is 1.68. The number of para-hydroxylation sites is 1. The first-order valence-electron chi connectivity index (χ1n) is 10.0. The molecule has 1 aromatic carbocycles. The van der Waals surface area contributed by atoms with E-state index in [-0.39, 0.29) is 37.3 Å². The average molecular weight is 376 g/mol. The maximum absolute atomic E-state index is 12.2. The fourth-order valence-corrected chi connectivity index (χ4v) is 3.54. The van der Waals surface area contributed by atoms with Gasteiger partial charge in [0.05, 0.1) is 6.61 Å². The SMILES string of the molecule is CC(C)c1ccccc1NC(=O)CCC(=O)NCCN1CCCC[C@H]1CO. The Morgan fingerprint density at radius 3 is 2.67 bits per heavy atom. The van der Waals surface area contributed by atoms with Gasteiger partial charge < -0.3 is 15.7 Å². The Morgan fingerprint density at radius 1 is 1.19 bits per heavy atom. The summed E-state index contributed by atoms with van der Waals surface area (Å²) in [6.45, 7) is 6.60. The van der Waals surface area contributed by atoms with Crippen LogP contribution in [0.2, 0.25) is 0 Å². The second-order valence-corrected chi connectivity index (χ2v) is 7.51. The molecule has 0 bridgehead atoms. The summed E-state index contributed by atoms with van der Waals surface area (Å²) in [7, 11) is 0. The highest BCUT2D eigenvalue weighted by molar-refractivity contribution is 5.93. The summed E-state index contributed by atoms with van der Waals surface area (Å²) in [6, 6.07) is 7.97. The van der Waals surface area contributed by atoms with Gasteiger partial charge >= 0.3 is 0 Å². The molecular weight excluding hydrogens is 342 g/mol. The van der Waals surface area contributed by atoms with Crippen LogP contribution in [0.4, 0.5) is 5.69 Å². The molecule has 3 N–H and O–H groups in total. The van der Waals surface area contributed by atoms with Crippen molar-refractivity contribution in [1.82, 2.24) is 10.2 Å². The topological polar surface area (TPSA) is 81.7 Å².